The summed E-state index contributed by atoms with van der Waals surface area (Å²) in [5.74, 6) is 0.167. The van der Waals surface area contributed by atoms with Gasteiger partial charge in [-0.15, -0.1) is 21.5 Å². The van der Waals surface area contributed by atoms with Gasteiger partial charge in [0, 0.05) is 10.9 Å². The minimum atomic E-state index is -0.319. The fourth-order valence-corrected chi connectivity index (χ4v) is 4.38. The van der Waals surface area contributed by atoms with Gasteiger partial charge in [-0.25, -0.2) is 4.39 Å². The average molecular weight is 403 g/mol. The molecule has 0 bridgehead atoms. The second-order valence-corrected chi connectivity index (χ2v) is 8.78. The van der Waals surface area contributed by atoms with E-state index in [9.17, 15) is 9.18 Å². The Balaban J connectivity index is 1.50. The summed E-state index contributed by atoms with van der Waals surface area (Å²) in [6, 6.07) is 10.8. The summed E-state index contributed by atoms with van der Waals surface area (Å²) < 4.78 is 16.2. The normalized spacial score (nSPS) is 14.9. The lowest BCUT2D eigenvalue weighted by molar-refractivity contribution is -0.120. The number of carbonyl (C=O) groups excluding carboxylic acids is 1. The van der Waals surface area contributed by atoms with E-state index in [4.69, 9.17) is 0 Å². The quantitative estimate of drug-likeness (QED) is 0.600. The largest absolute Gasteiger partial charge is 0.350 e. The standard InChI is InChI=1S/C19H19FN4OS2/c1-12(18(25)21-11-14-5-4-10-26-14)27-19-23-22-17(24(19)13-8-9-13)15-6-2-3-7-16(15)20/h2-7,10,12-13H,8-9,11H2,1H3,(H,21,25)/t12-/m1/s1. The third kappa shape index (κ3) is 4.06. The molecule has 1 atom stereocenters. The summed E-state index contributed by atoms with van der Waals surface area (Å²) in [6.45, 7) is 2.38. The Morgan fingerprint density at radius 2 is 2.15 bits per heavy atom. The highest BCUT2D eigenvalue weighted by Gasteiger charge is 2.32. The molecule has 0 aliphatic heterocycles. The van der Waals surface area contributed by atoms with E-state index >= 15 is 0 Å². The molecule has 0 saturated heterocycles. The van der Waals surface area contributed by atoms with Crippen LogP contribution in [0, 0.1) is 5.82 Å². The molecule has 3 aromatic rings. The number of carbonyl (C=O) groups is 1. The topological polar surface area (TPSA) is 59.8 Å². The van der Waals surface area contributed by atoms with Crippen LogP contribution in [0.4, 0.5) is 4.39 Å². The minimum absolute atomic E-state index is 0.0498. The van der Waals surface area contributed by atoms with E-state index in [1.807, 2.05) is 29.0 Å². The van der Waals surface area contributed by atoms with Crippen LogP contribution in [0.3, 0.4) is 0 Å². The van der Waals surface area contributed by atoms with Crippen LogP contribution >= 0.6 is 23.1 Å². The maximum absolute atomic E-state index is 14.2. The van der Waals surface area contributed by atoms with Crippen LogP contribution in [0.2, 0.25) is 0 Å². The molecule has 140 valence electrons. The number of aromatic nitrogens is 3. The van der Waals surface area contributed by atoms with Crippen molar-refractivity contribution in [2.75, 3.05) is 0 Å². The van der Waals surface area contributed by atoms with E-state index in [2.05, 4.69) is 15.5 Å². The monoisotopic (exact) mass is 402 g/mol. The molecule has 0 unspecified atom stereocenters. The van der Waals surface area contributed by atoms with Crippen molar-refractivity contribution in [3.8, 4) is 11.4 Å². The molecule has 27 heavy (non-hydrogen) atoms. The number of thioether (sulfide) groups is 1. The summed E-state index contributed by atoms with van der Waals surface area (Å²) in [5.41, 5.74) is 0.443. The number of nitrogens with zero attached hydrogens (tertiary/aromatic N) is 3. The summed E-state index contributed by atoms with van der Waals surface area (Å²) in [4.78, 5) is 13.5. The number of hydrogen-bond donors (Lipinski definition) is 1. The van der Waals surface area contributed by atoms with Gasteiger partial charge in [-0.1, -0.05) is 30.0 Å². The third-order valence-electron chi connectivity index (χ3n) is 4.36. The van der Waals surface area contributed by atoms with Gasteiger partial charge in [0.2, 0.25) is 5.91 Å². The lowest BCUT2D eigenvalue weighted by Gasteiger charge is -2.13. The van der Waals surface area contributed by atoms with Crippen LogP contribution in [-0.2, 0) is 11.3 Å². The second kappa shape index (κ2) is 7.82. The first kappa shape index (κ1) is 18.2. The molecule has 5 nitrogen and oxygen atoms in total. The van der Waals surface area contributed by atoms with Gasteiger partial charge in [-0.05, 0) is 43.3 Å². The van der Waals surface area contributed by atoms with Crippen LogP contribution in [0.15, 0.2) is 46.9 Å². The predicted octanol–water partition coefficient (Wildman–Crippen LogP) is 4.28. The van der Waals surface area contributed by atoms with E-state index in [1.165, 1.54) is 17.8 Å². The van der Waals surface area contributed by atoms with E-state index in [1.54, 1.807) is 29.5 Å². The first-order valence-electron chi connectivity index (χ1n) is 8.80. The summed E-state index contributed by atoms with van der Waals surface area (Å²) in [5, 5.41) is 13.8. The van der Waals surface area contributed by atoms with Gasteiger partial charge in [0.25, 0.3) is 0 Å². The van der Waals surface area contributed by atoms with Crippen molar-refractivity contribution in [1.29, 1.82) is 0 Å². The molecular formula is C19H19FN4OS2. The molecule has 1 aromatic carbocycles. The Bertz CT molecular complexity index is 937. The van der Waals surface area contributed by atoms with Crippen LogP contribution in [-0.4, -0.2) is 25.9 Å². The number of amides is 1. The van der Waals surface area contributed by atoms with Crippen molar-refractivity contribution in [2.24, 2.45) is 0 Å². The minimum Gasteiger partial charge on any atom is -0.350 e. The van der Waals surface area contributed by atoms with Gasteiger partial charge >= 0.3 is 0 Å². The maximum atomic E-state index is 14.2. The van der Waals surface area contributed by atoms with Crippen molar-refractivity contribution < 1.29 is 9.18 Å². The van der Waals surface area contributed by atoms with Crippen LogP contribution in [0.5, 0.6) is 0 Å². The van der Waals surface area contributed by atoms with Gasteiger partial charge < -0.3 is 5.32 Å². The summed E-state index contributed by atoms with van der Waals surface area (Å²) in [7, 11) is 0. The van der Waals surface area contributed by atoms with Crippen LogP contribution < -0.4 is 5.32 Å². The zero-order valence-corrected chi connectivity index (χ0v) is 16.4. The fourth-order valence-electron chi connectivity index (χ4n) is 2.79. The zero-order chi connectivity index (χ0) is 18.8. The van der Waals surface area contributed by atoms with E-state index in [0.717, 1.165) is 17.7 Å². The summed E-state index contributed by atoms with van der Waals surface area (Å²) >= 11 is 2.98. The fraction of sp³-hybridized carbons (Fsp3) is 0.316. The lowest BCUT2D eigenvalue weighted by atomic mass is 10.2. The van der Waals surface area contributed by atoms with Crippen molar-refractivity contribution in [3.63, 3.8) is 0 Å². The molecule has 0 radical (unpaired) electrons. The number of nitrogens with one attached hydrogen (secondary N) is 1. The smallest absolute Gasteiger partial charge is 0.233 e. The van der Waals surface area contributed by atoms with Crippen LogP contribution in [0.25, 0.3) is 11.4 Å². The Kier molecular flexibility index (Phi) is 5.27. The van der Waals surface area contributed by atoms with E-state index in [-0.39, 0.29) is 23.0 Å². The maximum Gasteiger partial charge on any atom is 0.233 e. The number of halogens is 1. The number of benzene rings is 1. The molecule has 1 N–H and O–H groups in total. The number of rotatable bonds is 7. The zero-order valence-electron chi connectivity index (χ0n) is 14.8. The van der Waals surface area contributed by atoms with Gasteiger partial charge in [0.15, 0.2) is 11.0 Å². The predicted molar refractivity (Wildman–Crippen MR) is 105 cm³/mol. The highest BCUT2D eigenvalue weighted by atomic mass is 32.2. The summed E-state index contributed by atoms with van der Waals surface area (Å²) in [6.07, 6.45) is 2.04. The molecule has 1 fully saturated rings. The molecule has 8 heteroatoms. The molecule has 1 aliphatic carbocycles. The molecule has 2 heterocycles. The first-order valence-corrected chi connectivity index (χ1v) is 10.6. The highest BCUT2D eigenvalue weighted by molar-refractivity contribution is 8.00. The second-order valence-electron chi connectivity index (χ2n) is 6.44. The van der Waals surface area contributed by atoms with Crippen molar-refractivity contribution in [1.82, 2.24) is 20.1 Å². The van der Waals surface area contributed by atoms with Crippen molar-refractivity contribution in [3.05, 3.63) is 52.5 Å². The molecule has 1 saturated carbocycles. The number of hydrogen-bond acceptors (Lipinski definition) is 5. The van der Waals surface area contributed by atoms with E-state index < -0.39 is 0 Å². The van der Waals surface area contributed by atoms with Gasteiger partial charge in [0.05, 0.1) is 17.4 Å². The average Bonchev–Trinajstić information content (AvgIpc) is 3.21. The van der Waals surface area contributed by atoms with Crippen molar-refractivity contribution >= 4 is 29.0 Å². The highest BCUT2D eigenvalue weighted by Crippen LogP contribution is 2.42. The SMILES string of the molecule is C[C@@H](Sc1nnc(-c2ccccc2F)n1C1CC1)C(=O)NCc1cccs1. The van der Waals surface area contributed by atoms with Gasteiger partial charge in [-0.3, -0.25) is 9.36 Å². The Morgan fingerprint density at radius 1 is 1.33 bits per heavy atom. The van der Waals surface area contributed by atoms with E-state index in [0.29, 0.717) is 23.1 Å². The first-order chi connectivity index (χ1) is 13.1. The van der Waals surface area contributed by atoms with Crippen LogP contribution in [0.1, 0.15) is 30.7 Å². The molecule has 1 amide bonds. The van der Waals surface area contributed by atoms with Gasteiger partial charge in [-0.2, -0.15) is 0 Å². The Labute approximate surface area is 165 Å². The molecule has 1 aliphatic rings. The molecule has 4 rings (SSSR count). The number of thiophene rings is 1. The van der Waals surface area contributed by atoms with Gasteiger partial charge in [0.1, 0.15) is 5.82 Å². The molecule has 0 spiro atoms. The Morgan fingerprint density at radius 3 is 2.85 bits per heavy atom. The van der Waals surface area contributed by atoms with Crippen molar-refractivity contribution in [2.45, 2.75) is 42.8 Å². The lowest BCUT2D eigenvalue weighted by Crippen LogP contribution is -2.30. The molecule has 2 aromatic heterocycles. The third-order valence-corrected chi connectivity index (χ3v) is 6.29. The molecular weight excluding hydrogens is 383 g/mol. The Hall–Kier alpha value is -2.19.